The van der Waals surface area contributed by atoms with E-state index in [2.05, 4.69) is 43.0 Å². The van der Waals surface area contributed by atoms with Gasteiger partial charge in [0.15, 0.2) is 0 Å². The predicted octanol–water partition coefficient (Wildman–Crippen LogP) is 5.73. The highest BCUT2D eigenvalue weighted by Gasteiger charge is 2.22. The quantitative estimate of drug-likeness (QED) is 0.198. The summed E-state index contributed by atoms with van der Waals surface area (Å²) in [5.74, 6) is 0.132. The topological polar surface area (TPSA) is 76.1 Å². The van der Waals surface area contributed by atoms with Gasteiger partial charge in [0.05, 0.1) is 18.0 Å². The highest BCUT2D eigenvalue weighted by atomic mass is 16.5. The highest BCUT2D eigenvalue weighted by Crippen LogP contribution is 2.38. The normalized spacial score (nSPS) is 12.5. The third kappa shape index (κ3) is 6.51. The smallest absolute Gasteiger partial charge is 0.335 e. The van der Waals surface area contributed by atoms with Crippen molar-refractivity contribution in [3.05, 3.63) is 87.8 Å². The first-order valence-electron chi connectivity index (χ1n) is 13.7. The number of benzene rings is 3. The van der Waals surface area contributed by atoms with Gasteiger partial charge in [-0.1, -0.05) is 57.9 Å². The van der Waals surface area contributed by atoms with Crippen LogP contribution in [-0.2, 0) is 9.53 Å². The van der Waals surface area contributed by atoms with Gasteiger partial charge in [-0.05, 0) is 60.5 Å². The van der Waals surface area contributed by atoms with Crippen LogP contribution in [0.1, 0.15) is 68.4 Å². The van der Waals surface area contributed by atoms with Gasteiger partial charge in [0, 0.05) is 34.7 Å². The summed E-state index contributed by atoms with van der Waals surface area (Å²) >= 11 is 0. The number of nitrogens with zero attached hydrogens (tertiary/aromatic N) is 1. The number of fused-ring (bicyclic) bond motifs is 2. The van der Waals surface area contributed by atoms with E-state index in [1.807, 2.05) is 38.1 Å². The Morgan fingerprint density at radius 3 is 2.56 bits per heavy atom. The van der Waals surface area contributed by atoms with Crippen molar-refractivity contribution >= 4 is 29.3 Å². The number of hydrogen-bond acceptors (Lipinski definition) is 5. The number of ether oxygens (including phenoxy) is 2. The maximum absolute atomic E-state index is 11.9. The molecule has 0 fully saturated rings. The predicted molar refractivity (Wildman–Crippen MR) is 155 cm³/mol. The molecule has 0 saturated heterocycles. The number of anilines is 1. The molecule has 3 aromatic rings. The van der Waals surface area contributed by atoms with Gasteiger partial charge in [0.2, 0.25) is 0 Å². The van der Waals surface area contributed by atoms with Crippen molar-refractivity contribution in [2.24, 2.45) is 5.92 Å². The van der Waals surface area contributed by atoms with Crippen molar-refractivity contribution in [3.8, 4) is 11.5 Å². The Morgan fingerprint density at radius 2 is 1.85 bits per heavy atom. The Hall–Kier alpha value is -4.06. The second kappa shape index (κ2) is 12.7. The van der Waals surface area contributed by atoms with Crippen LogP contribution < -0.4 is 20.1 Å². The van der Waals surface area contributed by atoms with Gasteiger partial charge in [-0.15, -0.1) is 0 Å². The summed E-state index contributed by atoms with van der Waals surface area (Å²) < 4.78 is 11.9. The SMILES string of the molecule is CCCC/C=c1/ccc2c(c1)Oc1cc(N(CC)CCOC(=O)C(C)C)ccc1C=2c1cccc(C(=O)O)c1. The van der Waals surface area contributed by atoms with Crippen molar-refractivity contribution in [1.82, 2.24) is 0 Å². The number of rotatable bonds is 11. The summed E-state index contributed by atoms with van der Waals surface area (Å²) in [6, 6.07) is 19.3. The zero-order chi connectivity index (χ0) is 27.9. The first-order chi connectivity index (χ1) is 18.8. The van der Waals surface area contributed by atoms with E-state index in [0.29, 0.717) is 18.9 Å². The average Bonchev–Trinajstić information content (AvgIpc) is 2.93. The fourth-order valence-electron chi connectivity index (χ4n) is 4.70. The maximum atomic E-state index is 11.9. The number of carbonyl (C=O) groups excluding carboxylic acids is 1. The van der Waals surface area contributed by atoms with Crippen LogP contribution in [0.4, 0.5) is 5.69 Å². The molecule has 0 aliphatic carbocycles. The average molecular weight is 528 g/mol. The van der Waals surface area contributed by atoms with E-state index in [1.54, 1.807) is 18.2 Å². The Kier molecular flexibility index (Phi) is 9.07. The number of carboxylic acid groups (broad SMARTS) is 1. The molecule has 0 spiro atoms. The molecule has 6 heteroatoms. The summed E-state index contributed by atoms with van der Waals surface area (Å²) in [5, 5.41) is 11.7. The standard InChI is InChI=1S/C33H37NO5/c1-5-7-8-10-23-13-15-27-29(19-23)39-30-21-26(34(6-2)17-18-38-33(37)22(3)4)14-16-28(30)31(27)24-11-9-12-25(20-24)32(35)36/h9-16,19-22H,5-8,17-18H2,1-4H3,(H,35,36)/b23-10-. The van der Waals surface area contributed by atoms with Gasteiger partial charge in [0.1, 0.15) is 18.1 Å². The van der Waals surface area contributed by atoms with Gasteiger partial charge in [0.25, 0.3) is 0 Å². The van der Waals surface area contributed by atoms with Gasteiger partial charge in [-0.25, -0.2) is 4.79 Å². The van der Waals surface area contributed by atoms with E-state index in [1.165, 1.54) is 0 Å². The molecular weight excluding hydrogens is 490 g/mol. The van der Waals surface area contributed by atoms with Crippen LogP contribution in [0.25, 0.3) is 11.6 Å². The second-order valence-electron chi connectivity index (χ2n) is 10.0. The Bertz CT molecular complexity index is 1470. The molecule has 6 nitrogen and oxygen atoms in total. The number of likely N-dealkylation sites (N-methyl/N-ethyl adjacent to an activating group) is 1. The molecule has 0 unspecified atom stereocenters. The molecule has 39 heavy (non-hydrogen) atoms. The minimum atomic E-state index is -0.960. The van der Waals surface area contributed by atoms with Gasteiger partial charge >= 0.3 is 11.9 Å². The molecule has 0 atom stereocenters. The first-order valence-corrected chi connectivity index (χ1v) is 13.7. The number of esters is 1. The van der Waals surface area contributed by atoms with Gasteiger partial charge in [-0.3, -0.25) is 4.79 Å². The molecule has 0 aromatic heterocycles. The fraction of sp³-hybridized carbons (Fsp3) is 0.333. The molecule has 0 bridgehead atoms. The number of carboxylic acids is 1. The van der Waals surface area contributed by atoms with Crippen LogP contribution in [0.15, 0.2) is 60.7 Å². The number of hydrogen-bond donors (Lipinski definition) is 1. The van der Waals surface area contributed by atoms with Crippen LogP contribution in [-0.4, -0.2) is 36.7 Å². The third-order valence-corrected chi connectivity index (χ3v) is 6.89. The van der Waals surface area contributed by atoms with Crippen molar-refractivity contribution in [2.45, 2.75) is 47.0 Å². The van der Waals surface area contributed by atoms with E-state index in [4.69, 9.17) is 9.47 Å². The van der Waals surface area contributed by atoms with Crippen molar-refractivity contribution < 1.29 is 24.2 Å². The number of carbonyl (C=O) groups is 2. The lowest BCUT2D eigenvalue weighted by Crippen LogP contribution is -2.29. The molecule has 4 rings (SSSR count). The summed E-state index contributed by atoms with van der Waals surface area (Å²) in [4.78, 5) is 25.8. The second-order valence-corrected chi connectivity index (χ2v) is 10.0. The lowest BCUT2D eigenvalue weighted by Gasteiger charge is -2.26. The molecule has 1 aliphatic heterocycles. The zero-order valence-corrected chi connectivity index (χ0v) is 23.2. The van der Waals surface area contributed by atoms with Crippen molar-refractivity contribution in [2.75, 3.05) is 24.6 Å². The van der Waals surface area contributed by atoms with E-state index in [0.717, 1.165) is 64.4 Å². The summed E-state index contributed by atoms with van der Waals surface area (Å²) in [6.45, 7) is 9.51. The number of unbranched alkanes of at least 4 members (excludes halogenated alkanes) is 2. The number of aromatic carboxylic acids is 1. The zero-order valence-electron chi connectivity index (χ0n) is 23.2. The Balaban J connectivity index is 1.77. The summed E-state index contributed by atoms with van der Waals surface area (Å²) in [5.41, 5.74) is 3.87. The van der Waals surface area contributed by atoms with E-state index in [9.17, 15) is 14.7 Å². The van der Waals surface area contributed by atoms with E-state index in [-0.39, 0.29) is 17.5 Å². The molecule has 0 radical (unpaired) electrons. The van der Waals surface area contributed by atoms with Gasteiger partial charge in [-0.2, -0.15) is 0 Å². The van der Waals surface area contributed by atoms with Crippen LogP contribution in [0.2, 0.25) is 0 Å². The van der Waals surface area contributed by atoms with E-state index < -0.39 is 5.97 Å². The third-order valence-electron chi connectivity index (χ3n) is 6.89. The first kappa shape index (κ1) is 28.0. The van der Waals surface area contributed by atoms with Crippen molar-refractivity contribution in [1.29, 1.82) is 0 Å². The highest BCUT2D eigenvalue weighted by molar-refractivity contribution is 5.92. The van der Waals surface area contributed by atoms with Crippen LogP contribution in [0.3, 0.4) is 0 Å². The molecule has 1 aliphatic rings. The van der Waals surface area contributed by atoms with Crippen LogP contribution in [0.5, 0.6) is 11.5 Å². The minimum Gasteiger partial charge on any atom is -0.478 e. The monoisotopic (exact) mass is 527 g/mol. The van der Waals surface area contributed by atoms with Crippen LogP contribution in [0, 0.1) is 5.92 Å². The fourth-order valence-corrected chi connectivity index (χ4v) is 4.70. The molecular formula is C33H37NO5. The lowest BCUT2D eigenvalue weighted by molar-refractivity contribution is -0.146. The Morgan fingerprint density at radius 1 is 1.03 bits per heavy atom. The van der Waals surface area contributed by atoms with Crippen molar-refractivity contribution in [3.63, 3.8) is 0 Å². The summed E-state index contributed by atoms with van der Waals surface area (Å²) in [6.07, 6.45) is 5.49. The van der Waals surface area contributed by atoms with Gasteiger partial charge < -0.3 is 19.5 Å². The Labute approximate surface area is 230 Å². The molecule has 0 amide bonds. The largest absolute Gasteiger partial charge is 0.478 e. The van der Waals surface area contributed by atoms with E-state index >= 15 is 0 Å². The molecule has 3 aromatic carbocycles. The summed E-state index contributed by atoms with van der Waals surface area (Å²) in [7, 11) is 0. The molecule has 204 valence electrons. The lowest BCUT2D eigenvalue weighted by atomic mass is 9.91. The molecule has 1 N–H and O–H groups in total. The van der Waals surface area contributed by atoms with Crippen LogP contribution >= 0.6 is 0 Å². The molecule has 1 heterocycles. The maximum Gasteiger partial charge on any atom is 0.335 e. The minimum absolute atomic E-state index is 0.157. The molecule has 0 saturated carbocycles.